The maximum absolute atomic E-state index is 13.5. The molecule has 0 heterocycles. The molecule has 0 spiro atoms. The summed E-state index contributed by atoms with van der Waals surface area (Å²) in [6.07, 6.45) is 0. The third kappa shape index (κ3) is 3.25. The summed E-state index contributed by atoms with van der Waals surface area (Å²) in [6.45, 7) is 0. The molecule has 0 saturated carbocycles. The monoisotopic (exact) mass is 322 g/mol. The first-order chi connectivity index (χ1) is 11.2. The molecule has 0 N–H and O–H groups in total. The van der Waals surface area contributed by atoms with Gasteiger partial charge in [-0.15, -0.1) is 0 Å². The van der Waals surface area contributed by atoms with Crippen molar-refractivity contribution in [2.75, 3.05) is 0 Å². The van der Waals surface area contributed by atoms with Gasteiger partial charge in [0.15, 0.2) is 0 Å². The molecule has 0 aliphatic carbocycles. The van der Waals surface area contributed by atoms with Crippen LogP contribution >= 0.6 is 7.37 Å². The van der Waals surface area contributed by atoms with Crippen molar-refractivity contribution < 1.29 is 13.9 Å². The van der Waals surface area contributed by atoms with E-state index < -0.39 is 12.9 Å². The molecular weight excluding hydrogens is 307 g/mol. The fourth-order valence-electron chi connectivity index (χ4n) is 2.22. The largest absolute Gasteiger partial charge is 0.435 e. The van der Waals surface area contributed by atoms with E-state index in [-0.39, 0.29) is 0 Å². The molecule has 0 fully saturated rings. The lowest BCUT2D eigenvalue weighted by atomic mass is 10.2. The first-order valence-electron chi connectivity index (χ1n) is 7.20. The first kappa shape index (κ1) is 15.3. The standard InChI is InChI=1S/C19H15O3P/c20-19(16-10-4-1-5-11-16)23(21,18-14-8-3-9-15-18)22-17-12-6-2-7-13-17/h1-15H. The summed E-state index contributed by atoms with van der Waals surface area (Å²) in [5, 5.41) is 0.387. The first-order valence-corrected chi connectivity index (χ1v) is 8.83. The van der Waals surface area contributed by atoms with Gasteiger partial charge in [-0.2, -0.15) is 0 Å². The van der Waals surface area contributed by atoms with Crippen LogP contribution in [0.1, 0.15) is 10.4 Å². The molecule has 3 rings (SSSR count). The maximum atomic E-state index is 13.5. The van der Waals surface area contributed by atoms with Crippen molar-refractivity contribution in [2.45, 2.75) is 0 Å². The molecule has 0 saturated heterocycles. The number of hydrogen-bond acceptors (Lipinski definition) is 3. The third-order valence-electron chi connectivity index (χ3n) is 3.36. The second kappa shape index (κ2) is 6.64. The number of carbonyl (C=O) groups excluding carboxylic acids is 1. The zero-order valence-corrected chi connectivity index (χ0v) is 13.2. The predicted molar refractivity (Wildman–Crippen MR) is 91.5 cm³/mol. The highest BCUT2D eigenvalue weighted by Crippen LogP contribution is 2.49. The Morgan fingerprint density at radius 3 is 1.74 bits per heavy atom. The van der Waals surface area contributed by atoms with Crippen LogP contribution in [-0.2, 0) is 4.57 Å². The Balaban J connectivity index is 2.07. The smallest absolute Gasteiger partial charge is 0.346 e. The molecule has 3 nitrogen and oxygen atoms in total. The normalized spacial score (nSPS) is 13.0. The highest BCUT2D eigenvalue weighted by atomic mass is 31.2. The number of benzene rings is 3. The van der Waals surface area contributed by atoms with E-state index in [9.17, 15) is 9.36 Å². The fraction of sp³-hybridized carbons (Fsp3) is 0. The van der Waals surface area contributed by atoms with Gasteiger partial charge >= 0.3 is 7.37 Å². The maximum Gasteiger partial charge on any atom is 0.346 e. The van der Waals surface area contributed by atoms with E-state index >= 15 is 0 Å². The minimum atomic E-state index is -3.75. The van der Waals surface area contributed by atoms with Crippen LogP contribution in [0, 0.1) is 0 Å². The number of rotatable bonds is 5. The van der Waals surface area contributed by atoms with Crippen LogP contribution < -0.4 is 9.83 Å². The second-order valence-electron chi connectivity index (χ2n) is 4.96. The van der Waals surface area contributed by atoms with Crippen LogP contribution in [0.4, 0.5) is 0 Å². The lowest BCUT2D eigenvalue weighted by Gasteiger charge is -2.18. The van der Waals surface area contributed by atoms with Gasteiger partial charge in [0.2, 0.25) is 0 Å². The highest BCUT2D eigenvalue weighted by Gasteiger charge is 2.37. The molecule has 1 unspecified atom stereocenters. The van der Waals surface area contributed by atoms with Gasteiger partial charge < -0.3 is 4.52 Å². The quantitative estimate of drug-likeness (QED) is 0.649. The molecule has 0 aliphatic rings. The molecule has 0 aliphatic heterocycles. The Bertz CT molecular complexity index is 830. The Kier molecular flexibility index (Phi) is 4.40. The van der Waals surface area contributed by atoms with Crippen LogP contribution in [0.3, 0.4) is 0 Å². The summed E-state index contributed by atoms with van der Waals surface area (Å²) in [4.78, 5) is 12.9. The van der Waals surface area contributed by atoms with E-state index in [2.05, 4.69) is 0 Å². The second-order valence-corrected chi connectivity index (χ2v) is 7.17. The van der Waals surface area contributed by atoms with Gasteiger partial charge in [0.1, 0.15) is 5.75 Å². The minimum Gasteiger partial charge on any atom is -0.435 e. The van der Waals surface area contributed by atoms with Crippen molar-refractivity contribution >= 4 is 18.2 Å². The van der Waals surface area contributed by atoms with Crippen molar-refractivity contribution in [1.82, 2.24) is 0 Å². The molecule has 4 heteroatoms. The third-order valence-corrected chi connectivity index (χ3v) is 5.60. The zero-order chi connectivity index (χ0) is 16.1. The van der Waals surface area contributed by atoms with Gasteiger partial charge in [0.05, 0.1) is 5.30 Å². The van der Waals surface area contributed by atoms with Gasteiger partial charge in [-0.05, 0) is 24.3 Å². The average molecular weight is 322 g/mol. The Morgan fingerprint density at radius 1 is 0.696 bits per heavy atom. The van der Waals surface area contributed by atoms with E-state index in [1.165, 1.54) is 0 Å². The molecule has 114 valence electrons. The van der Waals surface area contributed by atoms with Crippen LogP contribution in [-0.4, -0.2) is 5.52 Å². The van der Waals surface area contributed by atoms with Crippen molar-refractivity contribution in [1.29, 1.82) is 0 Å². The summed E-state index contributed by atoms with van der Waals surface area (Å²) in [5.41, 5.74) is -0.135. The Hall–Kier alpha value is -2.64. The van der Waals surface area contributed by atoms with E-state index in [1.807, 2.05) is 18.2 Å². The topological polar surface area (TPSA) is 43.4 Å². The molecule has 23 heavy (non-hydrogen) atoms. The van der Waals surface area contributed by atoms with E-state index in [4.69, 9.17) is 4.52 Å². The number of para-hydroxylation sites is 1. The van der Waals surface area contributed by atoms with Gasteiger partial charge in [0, 0.05) is 5.56 Å². The van der Waals surface area contributed by atoms with Crippen LogP contribution in [0.5, 0.6) is 5.75 Å². The van der Waals surface area contributed by atoms with E-state index in [0.717, 1.165) is 0 Å². The lowest BCUT2D eigenvalue weighted by Crippen LogP contribution is -2.17. The SMILES string of the molecule is O=C(c1ccccc1)P(=O)(Oc1ccccc1)c1ccccc1. The van der Waals surface area contributed by atoms with Gasteiger partial charge in [-0.1, -0.05) is 66.7 Å². The van der Waals surface area contributed by atoms with E-state index in [1.54, 1.807) is 72.8 Å². The molecule has 0 aromatic heterocycles. The predicted octanol–water partition coefficient (Wildman–Crippen LogP) is 4.51. The molecular formula is C19H15O3P. The van der Waals surface area contributed by atoms with Crippen molar-refractivity contribution in [3.63, 3.8) is 0 Å². The molecule has 3 aromatic rings. The minimum absolute atomic E-state index is 0.371. The molecule has 0 bridgehead atoms. The van der Waals surface area contributed by atoms with Gasteiger partial charge in [-0.3, -0.25) is 9.36 Å². The van der Waals surface area contributed by atoms with Gasteiger partial charge in [-0.25, -0.2) is 0 Å². The van der Waals surface area contributed by atoms with E-state index in [0.29, 0.717) is 16.6 Å². The summed E-state index contributed by atoms with van der Waals surface area (Å²) in [7, 11) is -3.75. The van der Waals surface area contributed by atoms with Crippen molar-refractivity contribution in [2.24, 2.45) is 0 Å². The number of carbonyl (C=O) groups is 1. The van der Waals surface area contributed by atoms with Crippen LogP contribution in [0.15, 0.2) is 91.0 Å². The summed E-state index contributed by atoms with van der Waals surface area (Å²) >= 11 is 0. The summed E-state index contributed by atoms with van der Waals surface area (Å²) < 4.78 is 19.2. The molecule has 0 radical (unpaired) electrons. The van der Waals surface area contributed by atoms with Crippen LogP contribution in [0.2, 0.25) is 0 Å². The lowest BCUT2D eigenvalue weighted by molar-refractivity contribution is 0.106. The average Bonchev–Trinajstić information content (AvgIpc) is 2.63. The molecule has 0 amide bonds. The fourth-order valence-corrected chi connectivity index (χ4v) is 4.11. The molecule has 1 atom stereocenters. The van der Waals surface area contributed by atoms with Crippen molar-refractivity contribution in [3.05, 3.63) is 96.6 Å². The summed E-state index contributed by atoms with van der Waals surface area (Å²) in [5.74, 6) is 0.406. The van der Waals surface area contributed by atoms with Crippen LogP contribution in [0.25, 0.3) is 0 Å². The highest BCUT2D eigenvalue weighted by molar-refractivity contribution is 7.83. The Labute approximate surface area is 135 Å². The Morgan fingerprint density at radius 2 is 1.17 bits per heavy atom. The van der Waals surface area contributed by atoms with Crippen molar-refractivity contribution in [3.8, 4) is 5.75 Å². The summed E-state index contributed by atoms with van der Waals surface area (Å²) in [6, 6.07) is 26.0. The zero-order valence-electron chi connectivity index (χ0n) is 12.3. The molecule has 3 aromatic carbocycles. The number of hydrogen-bond donors (Lipinski definition) is 0. The van der Waals surface area contributed by atoms with Gasteiger partial charge in [0.25, 0.3) is 5.52 Å².